The molecule has 32 heavy (non-hydrogen) atoms. The van der Waals surface area contributed by atoms with Crippen LogP contribution in [-0.4, -0.2) is 44.0 Å². The molecule has 2 saturated heterocycles. The third kappa shape index (κ3) is 2.78. The molecule has 5 aliphatic rings. The van der Waals surface area contributed by atoms with E-state index in [0.29, 0.717) is 18.1 Å². The van der Waals surface area contributed by atoms with Gasteiger partial charge in [0.1, 0.15) is 17.0 Å². The quantitative estimate of drug-likeness (QED) is 0.435. The van der Waals surface area contributed by atoms with E-state index in [2.05, 4.69) is 12.2 Å². The zero-order chi connectivity index (χ0) is 23.1. The number of hydrogen-bond donors (Lipinski definition) is 5. The van der Waals surface area contributed by atoms with E-state index in [4.69, 9.17) is 9.84 Å². The second-order valence-corrected chi connectivity index (χ2v) is 10.5. The number of hydrogen-bond acceptors (Lipinski definition) is 6. The highest BCUT2D eigenvalue weighted by atomic mass is 16.5. The van der Waals surface area contributed by atoms with E-state index in [-0.39, 0.29) is 35.1 Å². The third-order valence-electron chi connectivity index (χ3n) is 8.68. The molecule has 172 valence electrons. The van der Waals surface area contributed by atoms with Crippen LogP contribution in [0.5, 0.6) is 11.5 Å². The number of ether oxygens (including phenoxy) is 1. The Bertz CT molecular complexity index is 1050. The van der Waals surface area contributed by atoms with Gasteiger partial charge in [-0.05, 0) is 68.6 Å². The van der Waals surface area contributed by atoms with Gasteiger partial charge < -0.3 is 30.5 Å². The summed E-state index contributed by atoms with van der Waals surface area (Å²) in [6.07, 6.45) is 6.26. The minimum absolute atomic E-state index is 0.0323. The van der Waals surface area contributed by atoms with Gasteiger partial charge in [-0.1, -0.05) is 6.92 Å². The topological polar surface area (TPSA) is 136 Å². The standard InChI is InChI=1S/C24H29NO7/c1-22(7-6-17(28)25-18-14(26)4-3-13(19(18)29)21(30)31)16(27)5-8-24-10-12-9-15(20(22)24)32-23(12,2)11-24/h3-5,12,15,20,26-27,29H,6-11H2,1-2H3,(H,25,28)(H,30,31)/t12-,15+,20+,22-,23+,24+/m1/s1. The molecule has 2 aliphatic heterocycles. The van der Waals surface area contributed by atoms with E-state index in [1.54, 1.807) is 0 Å². The molecule has 6 rings (SSSR count). The van der Waals surface area contributed by atoms with E-state index in [0.717, 1.165) is 37.8 Å². The molecule has 0 aromatic heterocycles. The molecular formula is C24H29NO7. The van der Waals surface area contributed by atoms with Crippen LogP contribution in [0.15, 0.2) is 24.0 Å². The van der Waals surface area contributed by atoms with Crippen LogP contribution in [-0.2, 0) is 9.53 Å². The molecule has 6 atom stereocenters. The summed E-state index contributed by atoms with van der Waals surface area (Å²) in [5, 5.41) is 42.7. The number of aromatic hydroxyl groups is 2. The molecule has 8 nitrogen and oxygen atoms in total. The molecule has 1 spiro atoms. The van der Waals surface area contributed by atoms with Crippen molar-refractivity contribution in [3.05, 3.63) is 29.5 Å². The lowest BCUT2D eigenvalue weighted by Gasteiger charge is -2.57. The Labute approximate surface area is 185 Å². The summed E-state index contributed by atoms with van der Waals surface area (Å²) in [5.74, 6) is -1.99. The van der Waals surface area contributed by atoms with Crippen LogP contribution in [0.2, 0.25) is 0 Å². The van der Waals surface area contributed by atoms with Crippen molar-refractivity contribution in [2.45, 2.75) is 64.1 Å². The summed E-state index contributed by atoms with van der Waals surface area (Å²) in [6.45, 7) is 4.20. The van der Waals surface area contributed by atoms with Gasteiger partial charge >= 0.3 is 5.97 Å². The van der Waals surface area contributed by atoms with Gasteiger partial charge in [0.05, 0.1) is 17.5 Å². The summed E-state index contributed by atoms with van der Waals surface area (Å²) < 4.78 is 6.46. The van der Waals surface area contributed by atoms with Gasteiger partial charge in [-0.2, -0.15) is 0 Å². The first-order chi connectivity index (χ1) is 15.0. The fraction of sp³-hybridized carbons (Fsp3) is 0.583. The van der Waals surface area contributed by atoms with Crippen molar-refractivity contribution in [1.82, 2.24) is 0 Å². The van der Waals surface area contributed by atoms with Crippen molar-refractivity contribution >= 4 is 17.6 Å². The summed E-state index contributed by atoms with van der Waals surface area (Å²) in [6, 6.07) is 2.18. The highest BCUT2D eigenvalue weighted by Crippen LogP contribution is 2.73. The first-order valence-electron chi connectivity index (χ1n) is 11.1. The van der Waals surface area contributed by atoms with Crippen molar-refractivity contribution in [3.8, 4) is 11.5 Å². The van der Waals surface area contributed by atoms with Gasteiger partial charge in [0.25, 0.3) is 0 Å². The Morgan fingerprint density at radius 3 is 2.66 bits per heavy atom. The average molecular weight is 443 g/mol. The molecule has 8 heteroatoms. The maximum atomic E-state index is 12.7. The number of aliphatic hydroxyl groups excluding tert-OH is 1. The van der Waals surface area contributed by atoms with E-state index in [1.165, 1.54) is 0 Å². The summed E-state index contributed by atoms with van der Waals surface area (Å²) >= 11 is 0. The maximum Gasteiger partial charge on any atom is 0.339 e. The van der Waals surface area contributed by atoms with E-state index in [9.17, 15) is 24.9 Å². The Hall–Kier alpha value is -2.74. The number of anilines is 1. The van der Waals surface area contributed by atoms with Gasteiger partial charge in [-0.3, -0.25) is 4.79 Å². The lowest BCUT2D eigenvalue weighted by Crippen LogP contribution is -2.55. The molecule has 5 N–H and O–H groups in total. The molecule has 2 heterocycles. The predicted molar refractivity (Wildman–Crippen MR) is 115 cm³/mol. The van der Waals surface area contributed by atoms with E-state index >= 15 is 0 Å². The monoisotopic (exact) mass is 443 g/mol. The number of carbonyl (C=O) groups excluding carboxylic acids is 1. The number of aliphatic hydroxyl groups is 1. The molecule has 0 unspecified atom stereocenters. The highest BCUT2D eigenvalue weighted by molar-refractivity contribution is 5.99. The molecule has 4 bridgehead atoms. The van der Waals surface area contributed by atoms with Crippen molar-refractivity contribution in [1.29, 1.82) is 0 Å². The highest BCUT2D eigenvalue weighted by Gasteiger charge is 2.71. The van der Waals surface area contributed by atoms with Crippen LogP contribution in [0.3, 0.4) is 0 Å². The van der Waals surface area contributed by atoms with Crippen LogP contribution in [0, 0.1) is 22.7 Å². The van der Waals surface area contributed by atoms with Crippen LogP contribution in [0.1, 0.15) is 62.7 Å². The van der Waals surface area contributed by atoms with Crippen LogP contribution in [0.25, 0.3) is 0 Å². The number of carbonyl (C=O) groups is 2. The number of benzene rings is 1. The van der Waals surface area contributed by atoms with Crippen molar-refractivity contribution in [2.75, 3.05) is 5.32 Å². The van der Waals surface area contributed by atoms with Crippen LogP contribution < -0.4 is 5.32 Å². The third-order valence-corrected chi connectivity index (χ3v) is 8.68. The number of carboxylic acids is 1. The molecule has 4 fully saturated rings. The zero-order valence-electron chi connectivity index (χ0n) is 18.2. The largest absolute Gasteiger partial charge is 0.512 e. The normalized spacial score (nSPS) is 38.9. The smallest absolute Gasteiger partial charge is 0.339 e. The minimum atomic E-state index is -1.37. The predicted octanol–water partition coefficient (Wildman–Crippen LogP) is 3.94. The van der Waals surface area contributed by atoms with Gasteiger partial charge in [-0.15, -0.1) is 0 Å². The number of phenolic OH excluding ortho intramolecular Hbond substituents is 1. The Balaban J connectivity index is 1.35. The number of aromatic carboxylic acids is 1. The number of carboxylic acid groups (broad SMARTS) is 1. The first-order valence-corrected chi connectivity index (χ1v) is 11.1. The molecule has 1 aromatic carbocycles. The molecule has 2 saturated carbocycles. The summed E-state index contributed by atoms with van der Waals surface area (Å²) in [5.41, 5.74) is -1.35. The fourth-order valence-corrected chi connectivity index (χ4v) is 7.40. The van der Waals surface area contributed by atoms with Crippen molar-refractivity contribution in [2.24, 2.45) is 22.7 Å². The first kappa shape index (κ1) is 21.1. The molecule has 0 radical (unpaired) electrons. The van der Waals surface area contributed by atoms with Gasteiger partial charge in [-0.25, -0.2) is 4.79 Å². The number of nitrogens with one attached hydrogen (secondary N) is 1. The molecular weight excluding hydrogens is 414 g/mol. The van der Waals surface area contributed by atoms with Crippen LogP contribution in [0.4, 0.5) is 5.69 Å². The van der Waals surface area contributed by atoms with Gasteiger partial charge in [0.15, 0.2) is 5.75 Å². The fourth-order valence-electron chi connectivity index (χ4n) is 7.40. The second-order valence-electron chi connectivity index (χ2n) is 10.5. The lowest BCUT2D eigenvalue weighted by molar-refractivity contribution is -0.173. The number of phenols is 2. The number of amides is 1. The molecule has 1 aromatic rings. The van der Waals surface area contributed by atoms with Gasteiger partial charge in [0.2, 0.25) is 5.91 Å². The maximum absolute atomic E-state index is 12.7. The van der Waals surface area contributed by atoms with Gasteiger partial charge in [0, 0.05) is 17.8 Å². The zero-order valence-corrected chi connectivity index (χ0v) is 18.2. The lowest BCUT2D eigenvalue weighted by atomic mass is 9.50. The van der Waals surface area contributed by atoms with Crippen molar-refractivity contribution < 1.29 is 34.8 Å². The Kier molecular flexibility index (Phi) is 4.38. The SMILES string of the molecule is C[C@]12C[C@@]34CC=C(O)[C@@](C)(CCC(=O)Nc5c(O)ccc(C(=O)O)c5O)[C@@H]3[C@H](C[C@@H]1C4)O2. The van der Waals surface area contributed by atoms with E-state index < -0.39 is 34.4 Å². The molecule has 3 aliphatic carbocycles. The van der Waals surface area contributed by atoms with Crippen molar-refractivity contribution in [3.63, 3.8) is 0 Å². The molecule has 1 amide bonds. The van der Waals surface area contributed by atoms with Crippen LogP contribution >= 0.6 is 0 Å². The minimum Gasteiger partial charge on any atom is -0.512 e. The van der Waals surface area contributed by atoms with E-state index in [1.807, 2.05) is 13.0 Å². The second kappa shape index (κ2) is 6.63. The average Bonchev–Trinajstić information content (AvgIpc) is 3.08. The Morgan fingerprint density at radius 2 is 1.97 bits per heavy atom. The number of rotatable bonds is 5. The Morgan fingerprint density at radius 1 is 1.22 bits per heavy atom. The summed E-state index contributed by atoms with van der Waals surface area (Å²) in [4.78, 5) is 24.0. The summed E-state index contributed by atoms with van der Waals surface area (Å²) in [7, 11) is 0. The number of allylic oxidation sites excluding steroid dienone is 2.